The lowest BCUT2D eigenvalue weighted by molar-refractivity contribution is 0.0926. The predicted molar refractivity (Wildman–Crippen MR) is 98.0 cm³/mol. The van der Waals surface area contributed by atoms with Crippen molar-refractivity contribution in [3.63, 3.8) is 0 Å². The summed E-state index contributed by atoms with van der Waals surface area (Å²) in [5.74, 6) is 1.83. The molecule has 2 aromatic carbocycles. The van der Waals surface area contributed by atoms with Gasteiger partial charge in [0.25, 0.3) is 5.91 Å². The quantitative estimate of drug-likeness (QED) is 0.771. The fourth-order valence-electron chi connectivity index (χ4n) is 2.16. The minimum absolute atomic E-state index is 0.167. The summed E-state index contributed by atoms with van der Waals surface area (Å²) in [6.45, 7) is 4.62. The number of nitrogens with one attached hydrogen (secondary N) is 1. The Hall–Kier alpha value is -2.40. The maximum absolute atomic E-state index is 12.3. The fraction of sp³-hybridized carbons (Fsp3) is 0.316. The Morgan fingerprint density at radius 1 is 1.12 bits per heavy atom. The maximum atomic E-state index is 12.3. The molecule has 1 amide bonds. The van der Waals surface area contributed by atoms with E-state index in [0.29, 0.717) is 35.3 Å². The molecule has 0 aliphatic carbocycles. The third-order valence-corrected chi connectivity index (χ3v) is 3.73. The highest BCUT2D eigenvalue weighted by atomic mass is 35.5. The van der Waals surface area contributed by atoms with Gasteiger partial charge in [0.1, 0.15) is 23.9 Å². The molecule has 5 nitrogen and oxygen atoms in total. The van der Waals surface area contributed by atoms with Gasteiger partial charge in [-0.2, -0.15) is 0 Å². The van der Waals surface area contributed by atoms with E-state index in [4.69, 9.17) is 25.8 Å². The second kappa shape index (κ2) is 9.18. The van der Waals surface area contributed by atoms with Gasteiger partial charge in [0, 0.05) is 5.56 Å². The van der Waals surface area contributed by atoms with Gasteiger partial charge in [0.05, 0.1) is 24.8 Å². The summed E-state index contributed by atoms with van der Waals surface area (Å²) in [6, 6.07) is 12.1. The molecule has 0 heterocycles. The van der Waals surface area contributed by atoms with Crippen molar-refractivity contribution in [1.29, 1.82) is 0 Å². The van der Waals surface area contributed by atoms with Crippen LogP contribution in [0.1, 0.15) is 24.2 Å². The van der Waals surface area contributed by atoms with Crippen LogP contribution in [0.3, 0.4) is 0 Å². The van der Waals surface area contributed by atoms with Crippen molar-refractivity contribution in [3.8, 4) is 17.2 Å². The molecule has 0 aliphatic heterocycles. The zero-order chi connectivity index (χ0) is 18.2. The Labute approximate surface area is 152 Å². The van der Waals surface area contributed by atoms with Crippen molar-refractivity contribution in [1.82, 2.24) is 5.32 Å². The zero-order valence-electron chi connectivity index (χ0n) is 14.5. The molecule has 0 radical (unpaired) electrons. The average Bonchev–Trinajstić information content (AvgIpc) is 2.62. The van der Waals surface area contributed by atoms with E-state index in [1.54, 1.807) is 25.3 Å². The number of methoxy groups -OCH3 is 1. The molecule has 2 rings (SSSR count). The number of benzene rings is 2. The number of ether oxygens (including phenoxy) is 3. The topological polar surface area (TPSA) is 56.8 Å². The van der Waals surface area contributed by atoms with Crippen LogP contribution < -0.4 is 19.5 Å². The van der Waals surface area contributed by atoms with E-state index in [-0.39, 0.29) is 11.9 Å². The third kappa shape index (κ3) is 5.57. The summed E-state index contributed by atoms with van der Waals surface area (Å²) < 4.78 is 16.1. The average molecular weight is 364 g/mol. The number of amides is 1. The van der Waals surface area contributed by atoms with E-state index < -0.39 is 0 Å². The summed E-state index contributed by atoms with van der Waals surface area (Å²) in [6.07, 6.45) is 0. The Morgan fingerprint density at radius 2 is 1.80 bits per heavy atom. The van der Waals surface area contributed by atoms with E-state index in [9.17, 15) is 4.79 Å². The summed E-state index contributed by atoms with van der Waals surface area (Å²) >= 11 is 6.11. The molecule has 1 N–H and O–H groups in total. The van der Waals surface area contributed by atoms with Gasteiger partial charge in [0.2, 0.25) is 0 Å². The normalized spacial score (nSPS) is 11.5. The summed E-state index contributed by atoms with van der Waals surface area (Å²) in [4.78, 5) is 12.3. The van der Waals surface area contributed by atoms with E-state index >= 15 is 0 Å². The van der Waals surface area contributed by atoms with E-state index in [1.165, 1.54) is 0 Å². The second-order valence-corrected chi connectivity index (χ2v) is 5.85. The summed E-state index contributed by atoms with van der Waals surface area (Å²) in [5.41, 5.74) is 0.477. The molecule has 0 fully saturated rings. The van der Waals surface area contributed by atoms with Crippen LogP contribution >= 0.6 is 11.6 Å². The van der Waals surface area contributed by atoms with E-state index in [2.05, 4.69) is 5.32 Å². The lowest BCUT2D eigenvalue weighted by atomic mass is 10.2. The zero-order valence-corrected chi connectivity index (χ0v) is 15.3. The molecule has 0 bridgehead atoms. The van der Waals surface area contributed by atoms with Crippen molar-refractivity contribution in [2.45, 2.75) is 19.9 Å². The predicted octanol–water partition coefficient (Wildman–Crippen LogP) is 3.94. The number of rotatable bonds is 8. The molecule has 0 aromatic heterocycles. The van der Waals surface area contributed by atoms with Crippen LogP contribution in [0.25, 0.3) is 0 Å². The number of carbonyl (C=O) groups is 1. The van der Waals surface area contributed by atoms with Gasteiger partial charge in [-0.1, -0.05) is 11.6 Å². The van der Waals surface area contributed by atoms with Crippen LogP contribution in [0.2, 0.25) is 5.02 Å². The van der Waals surface area contributed by atoms with Crippen molar-refractivity contribution in [2.24, 2.45) is 0 Å². The van der Waals surface area contributed by atoms with E-state index in [0.717, 1.165) is 5.75 Å². The molecule has 0 aliphatic rings. The van der Waals surface area contributed by atoms with Crippen molar-refractivity contribution >= 4 is 17.5 Å². The summed E-state index contributed by atoms with van der Waals surface area (Å²) in [5, 5.41) is 3.29. The van der Waals surface area contributed by atoms with Gasteiger partial charge < -0.3 is 19.5 Å². The Bertz CT molecular complexity index is 703. The second-order valence-electron chi connectivity index (χ2n) is 5.44. The van der Waals surface area contributed by atoms with Crippen molar-refractivity contribution < 1.29 is 19.0 Å². The highest BCUT2D eigenvalue weighted by Crippen LogP contribution is 2.25. The van der Waals surface area contributed by atoms with Crippen LogP contribution in [0.5, 0.6) is 17.2 Å². The molecular weight excluding hydrogens is 342 g/mol. The lowest BCUT2D eigenvalue weighted by Gasteiger charge is -2.16. The molecule has 134 valence electrons. The number of carbonyl (C=O) groups excluding carboxylic acids is 1. The molecule has 6 heteroatoms. The molecule has 25 heavy (non-hydrogen) atoms. The molecule has 0 unspecified atom stereocenters. The largest absolute Gasteiger partial charge is 0.497 e. The molecule has 0 saturated heterocycles. The smallest absolute Gasteiger partial charge is 0.251 e. The molecule has 1 atom stereocenters. The number of hydrogen-bond acceptors (Lipinski definition) is 4. The van der Waals surface area contributed by atoms with Crippen molar-refractivity contribution in [3.05, 3.63) is 53.1 Å². The number of halogens is 1. The van der Waals surface area contributed by atoms with Crippen LogP contribution in [-0.2, 0) is 0 Å². The Kier molecular flexibility index (Phi) is 6.95. The van der Waals surface area contributed by atoms with E-state index in [1.807, 2.05) is 38.1 Å². The van der Waals surface area contributed by atoms with Crippen LogP contribution in [0.15, 0.2) is 42.5 Å². The maximum Gasteiger partial charge on any atom is 0.251 e. The Morgan fingerprint density at radius 3 is 2.40 bits per heavy atom. The van der Waals surface area contributed by atoms with Gasteiger partial charge in [-0.25, -0.2) is 0 Å². The highest BCUT2D eigenvalue weighted by Gasteiger charge is 2.12. The SMILES string of the molecule is CCOc1ccc(C(=O)N[C@H](C)COc2ccc(OC)cc2)cc1Cl. The molecule has 0 spiro atoms. The highest BCUT2D eigenvalue weighted by molar-refractivity contribution is 6.32. The minimum atomic E-state index is -0.212. The standard InChI is InChI=1S/C19H22ClNO4/c1-4-24-18-10-5-14(11-17(18)20)19(22)21-13(2)12-25-16-8-6-15(23-3)7-9-16/h5-11,13H,4,12H2,1-3H3,(H,21,22)/t13-/m1/s1. The lowest BCUT2D eigenvalue weighted by Crippen LogP contribution is -2.36. The first-order chi connectivity index (χ1) is 12.0. The molecular formula is C19H22ClNO4. The third-order valence-electron chi connectivity index (χ3n) is 3.43. The van der Waals surface area contributed by atoms with Crippen LogP contribution in [0.4, 0.5) is 0 Å². The van der Waals surface area contributed by atoms with Gasteiger partial charge in [-0.05, 0) is 56.3 Å². The number of hydrogen-bond donors (Lipinski definition) is 1. The van der Waals surface area contributed by atoms with Gasteiger partial charge in [-0.3, -0.25) is 4.79 Å². The van der Waals surface area contributed by atoms with Gasteiger partial charge in [-0.15, -0.1) is 0 Å². The first kappa shape index (κ1) is 18.9. The fourth-order valence-corrected chi connectivity index (χ4v) is 2.39. The molecule has 2 aromatic rings. The van der Waals surface area contributed by atoms with Gasteiger partial charge in [0.15, 0.2) is 0 Å². The minimum Gasteiger partial charge on any atom is -0.497 e. The first-order valence-electron chi connectivity index (χ1n) is 8.03. The Balaban J connectivity index is 1.87. The first-order valence-corrected chi connectivity index (χ1v) is 8.41. The monoisotopic (exact) mass is 363 g/mol. The van der Waals surface area contributed by atoms with Crippen LogP contribution in [0, 0.1) is 0 Å². The van der Waals surface area contributed by atoms with Gasteiger partial charge >= 0.3 is 0 Å². The molecule has 0 saturated carbocycles. The van der Waals surface area contributed by atoms with Crippen molar-refractivity contribution in [2.75, 3.05) is 20.3 Å². The van der Waals surface area contributed by atoms with Crippen LogP contribution in [-0.4, -0.2) is 32.3 Å². The summed E-state index contributed by atoms with van der Waals surface area (Å²) in [7, 11) is 1.61.